The smallest absolute Gasteiger partial charge is 0.0178 e. The topological polar surface area (TPSA) is 0 Å². The van der Waals surface area contributed by atoms with E-state index in [1.807, 2.05) is 6.08 Å². The van der Waals surface area contributed by atoms with Gasteiger partial charge in [-0.25, -0.2) is 0 Å². The molecule has 2 aromatic rings. The molecule has 0 amide bonds. The molecule has 0 aliphatic heterocycles. The van der Waals surface area contributed by atoms with E-state index in [1.165, 1.54) is 21.9 Å². The molecule has 0 unspecified atom stereocenters. The summed E-state index contributed by atoms with van der Waals surface area (Å²) >= 11 is 0. The number of benzene rings is 2. The van der Waals surface area contributed by atoms with Gasteiger partial charge >= 0.3 is 0 Å². The fourth-order valence-electron chi connectivity index (χ4n) is 1.95. The molecule has 0 atom stereocenters. The van der Waals surface area contributed by atoms with Gasteiger partial charge in [-0.1, -0.05) is 62.1 Å². The highest BCUT2D eigenvalue weighted by molar-refractivity contribution is 5.86. The first-order valence-electron chi connectivity index (χ1n) is 5.66. The van der Waals surface area contributed by atoms with Crippen molar-refractivity contribution in [3.05, 3.63) is 66.8 Å². The molecule has 0 bridgehead atoms. The molecule has 0 fully saturated rings. The maximum Gasteiger partial charge on any atom is -0.0178 e. The summed E-state index contributed by atoms with van der Waals surface area (Å²) in [6.45, 7) is 5.93. The van der Waals surface area contributed by atoms with Crippen molar-refractivity contribution in [1.29, 1.82) is 0 Å². The fraction of sp³-hybridized carbons (Fsp3) is 0.125. The van der Waals surface area contributed by atoms with Gasteiger partial charge in [-0.3, -0.25) is 0 Å². The van der Waals surface area contributed by atoms with Gasteiger partial charge in [-0.05, 0) is 34.4 Å². The van der Waals surface area contributed by atoms with Crippen LogP contribution in [0.3, 0.4) is 0 Å². The minimum Gasteiger partial charge on any atom is -0.0991 e. The van der Waals surface area contributed by atoms with Crippen LogP contribution < -0.4 is 0 Å². The van der Waals surface area contributed by atoms with E-state index in [0.29, 0.717) is 0 Å². The van der Waals surface area contributed by atoms with Gasteiger partial charge < -0.3 is 0 Å². The molecule has 0 heterocycles. The van der Waals surface area contributed by atoms with Crippen molar-refractivity contribution in [3.8, 4) is 0 Å². The first-order chi connectivity index (χ1) is 7.85. The van der Waals surface area contributed by atoms with Gasteiger partial charge in [-0.15, -0.1) is 0 Å². The van der Waals surface area contributed by atoms with Crippen LogP contribution in [0.2, 0.25) is 0 Å². The lowest BCUT2D eigenvalue weighted by molar-refractivity contribution is 1.24. The Morgan fingerprint density at radius 3 is 2.56 bits per heavy atom. The summed E-state index contributed by atoms with van der Waals surface area (Å²) in [5, 5.41) is 2.59. The fourth-order valence-corrected chi connectivity index (χ4v) is 1.95. The van der Waals surface area contributed by atoms with Crippen molar-refractivity contribution in [1.82, 2.24) is 0 Å². The molecule has 0 N–H and O–H groups in total. The zero-order valence-corrected chi connectivity index (χ0v) is 9.61. The van der Waals surface area contributed by atoms with Gasteiger partial charge in [0.2, 0.25) is 0 Å². The van der Waals surface area contributed by atoms with E-state index in [2.05, 4.69) is 62.0 Å². The monoisotopic (exact) mass is 208 g/mol. The molecular formula is C16H16. The summed E-state index contributed by atoms with van der Waals surface area (Å²) in [6.07, 6.45) is 4.97. The Hall–Kier alpha value is -1.82. The number of hydrogen-bond acceptors (Lipinski definition) is 0. The van der Waals surface area contributed by atoms with Crippen LogP contribution in [0.1, 0.15) is 18.9 Å². The van der Waals surface area contributed by atoms with E-state index in [1.54, 1.807) is 0 Å². The second kappa shape index (κ2) is 4.80. The van der Waals surface area contributed by atoms with Crippen molar-refractivity contribution >= 4 is 16.3 Å². The van der Waals surface area contributed by atoms with E-state index >= 15 is 0 Å². The van der Waals surface area contributed by atoms with Crippen molar-refractivity contribution in [2.75, 3.05) is 0 Å². The lowest BCUT2D eigenvalue weighted by Crippen LogP contribution is -1.83. The van der Waals surface area contributed by atoms with Gasteiger partial charge in [0, 0.05) is 0 Å². The normalized spacial score (nSPS) is 11.7. The molecule has 16 heavy (non-hydrogen) atoms. The van der Waals surface area contributed by atoms with Gasteiger partial charge in [0.15, 0.2) is 0 Å². The highest BCUT2D eigenvalue weighted by Gasteiger charge is 1.99. The standard InChI is InChI=1S/C16H16/c1-3-7-13(4-2)16-11-10-14-8-5-6-9-15(14)12-16/h3,5-12H,1,4H2,2H3/b13-7+. The van der Waals surface area contributed by atoms with Crippen LogP contribution in [0.4, 0.5) is 0 Å². The summed E-state index contributed by atoms with van der Waals surface area (Å²) in [6, 6.07) is 15.0. The lowest BCUT2D eigenvalue weighted by atomic mass is 9.99. The summed E-state index contributed by atoms with van der Waals surface area (Å²) in [5.74, 6) is 0. The van der Waals surface area contributed by atoms with Crippen LogP contribution in [-0.4, -0.2) is 0 Å². The Balaban J connectivity index is 2.54. The third-order valence-electron chi connectivity index (χ3n) is 2.82. The van der Waals surface area contributed by atoms with Crippen molar-refractivity contribution in [2.24, 2.45) is 0 Å². The molecule has 0 nitrogen and oxygen atoms in total. The van der Waals surface area contributed by atoms with Crippen LogP contribution in [0.15, 0.2) is 61.2 Å². The van der Waals surface area contributed by atoms with Crippen LogP contribution in [0, 0.1) is 0 Å². The summed E-state index contributed by atoms with van der Waals surface area (Å²) in [5.41, 5.74) is 2.63. The Morgan fingerprint density at radius 1 is 1.12 bits per heavy atom. The van der Waals surface area contributed by atoms with E-state index in [-0.39, 0.29) is 0 Å². The second-order valence-electron chi connectivity index (χ2n) is 3.84. The third kappa shape index (κ3) is 2.06. The Labute approximate surface area is 96.9 Å². The number of allylic oxidation sites excluding steroid dienone is 3. The zero-order chi connectivity index (χ0) is 11.4. The number of fused-ring (bicyclic) bond motifs is 1. The molecule has 2 rings (SSSR count). The lowest BCUT2D eigenvalue weighted by Gasteiger charge is -2.06. The van der Waals surface area contributed by atoms with E-state index < -0.39 is 0 Å². The average Bonchev–Trinajstić information content (AvgIpc) is 2.35. The quantitative estimate of drug-likeness (QED) is 0.634. The molecule has 0 saturated heterocycles. The van der Waals surface area contributed by atoms with Gasteiger partial charge in [-0.2, -0.15) is 0 Å². The minimum atomic E-state index is 1.03. The van der Waals surface area contributed by atoms with Crippen molar-refractivity contribution in [2.45, 2.75) is 13.3 Å². The molecule has 0 spiro atoms. The van der Waals surface area contributed by atoms with Crippen LogP contribution in [0.25, 0.3) is 16.3 Å². The van der Waals surface area contributed by atoms with Crippen molar-refractivity contribution < 1.29 is 0 Å². The molecule has 0 saturated carbocycles. The van der Waals surface area contributed by atoms with Gasteiger partial charge in [0.05, 0.1) is 0 Å². The summed E-state index contributed by atoms with van der Waals surface area (Å²) < 4.78 is 0. The molecule has 0 aliphatic rings. The Morgan fingerprint density at radius 2 is 1.88 bits per heavy atom. The Kier molecular flexibility index (Phi) is 3.21. The van der Waals surface area contributed by atoms with E-state index in [0.717, 1.165) is 6.42 Å². The van der Waals surface area contributed by atoms with Gasteiger partial charge in [0.1, 0.15) is 0 Å². The maximum absolute atomic E-state index is 3.76. The van der Waals surface area contributed by atoms with Crippen LogP contribution in [0.5, 0.6) is 0 Å². The highest BCUT2D eigenvalue weighted by Crippen LogP contribution is 2.23. The molecule has 0 radical (unpaired) electrons. The predicted octanol–water partition coefficient (Wildman–Crippen LogP) is 4.82. The summed E-state index contributed by atoms with van der Waals surface area (Å²) in [4.78, 5) is 0. The number of hydrogen-bond donors (Lipinski definition) is 0. The predicted molar refractivity (Wildman–Crippen MR) is 72.4 cm³/mol. The van der Waals surface area contributed by atoms with Crippen LogP contribution >= 0.6 is 0 Å². The number of rotatable bonds is 3. The molecule has 0 heteroatoms. The second-order valence-corrected chi connectivity index (χ2v) is 3.84. The minimum absolute atomic E-state index is 1.03. The molecular weight excluding hydrogens is 192 g/mol. The zero-order valence-electron chi connectivity index (χ0n) is 9.61. The molecule has 2 aromatic carbocycles. The Bertz CT molecular complexity index is 532. The SMILES string of the molecule is C=C/C=C(\CC)c1ccc2ccccc2c1. The highest BCUT2D eigenvalue weighted by atomic mass is 14.0. The first-order valence-corrected chi connectivity index (χ1v) is 5.66. The third-order valence-corrected chi connectivity index (χ3v) is 2.82. The van der Waals surface area contributed by atoms with E-state index in [9.17, 15) is 0 Å². The summed E-state index contributed by atoms with van der Waals surface area (Å²) in [7, 11) is 0. The maximum atomic E-state index is 3.76. The van der Waals surface area contributed by atoms with Gasteiger partial charge in [0.25, 0.3) is 0 Å². The average molecular weight is 208 g/mol. The van der Waals surface area contributed by atoms with E-state index in [4.69, 9.17) is 0 Å². The largest absolute Gasteiger partial charge is 0.0991 e. The molecule has 0 aromatic heterocycles. The van der Waals surface area contributed by atoms with Crippen LogP contribution in [-0.2, 0) is 0 Å². The molecule has 0 aliphatic carbocycles. The van der Waals surface area contributed by atoms with Crippen molar-refractivity contribution in [3.63, 3.8) is 0 Å². The first kappa shape index (κ1) is 10.7. The molecule has 80 valence electrons.